The van der Waals surface area contributed by atoms with E-state index in [9.17, 15) is 13.6 Å². The van der Waals surface area contributed by atoms with Crippen molar-refractivity contribution >= 4 is 5.91 Å². The Morgan fingerprint density at radius 3 is 2.37 bits per heavy atom. The summed E-state index contributed by atoms with van der Waals surface area (Å²) in [5, 5.41) is 0. The fourth-order valence-corrected chi connectivity index (χ4v) is 1.86. The molecule has 0 bridgehead atoms. The molecular weight excluding hydrogens is 250 g/mol. The highest BCUT2D eigenvalue weighted by Gasteiger charge is 2.23. The molecule has 0 saturated heterocycles. The Hall–Kier alpha value is -1.49. The maximum Gasteiger partial charge on any atom is 0.259 e. The van der Waals surface area contributed by atoms with E-state index in [1.807, 2.05) is 13.8 Å². The van der Waals surface area contributed by atoms with Crippen molar-refractivity contribution in [3.63, 3.8) is 0 Å². The van der Waals surface area contributed by atoms with Gasteiger partial charge in [-0.2, -0.15) is 0 Å². The standard InChI is InChI=1S/C14H20F2N2O/c1-10(2)9-18(8-4-7-17)14(19)13-11(15)5-3-6-12(13)16/h3,5-6,10H,4,7-9,17H2,1-2H3. The largest absolute Gasteiger partial charge is 0.338 e. The van der Waals surface area contributed by atoms with Crippen LogP contribution >= 0.6 is 0 Å². The number of rotatable bonds is 6. The fourth-order valence-electron chi connectivity index (χ4n) is 1.86. The SMILES string of the molecule is CC(C)CN(CCCN)C(=O)c1c(F)cccc1F. The molecule has 1 rings (SSSR count). The molecule has 0 fully saturated rings. The molecule has 0 radical (unpaired) electrons. The van der Waals surface area contributed by atoms with Crippen LogP contribution in [0, 0.1) is 17.6 Å². The Balaban J connectivity index is 2.97. The van der Waals surface area contributed by atoms with Gasteiger partial charge in [0.15, 0.2) is 0 Å². The van der Waals surface area contributed by atoms with Gasteiger partial charge in [-0.15, -0.1) is 0 Å². The van der Waals surface area contributed by atoms with E-state index in [0.29, 0.717) is 26.1 Å². The highest BCUT2D eigenvalue weighted by molar-refractivity contribution is 5.94. The second kappa shape index (κ2) is 7.19. The summed E-state index contributed by atoms with van der Waals surface area (Å²) in [5.41, 5.74) is 4.93. The smallest absolute Gasteiger partial charge is 0.259 e. The van der Waals surface area contributed by atoms with Crippen LogP contribution in [-0.2, 0) is 0 Å². The third-order valence-corrected chi connectivity index (χ3v) is 2.68. The van der Waals surface area contributed by atoms with Crippen LogP contribution < -0.4 is 5.73 Å². The quantitative estimate of drug-likeness (QED) is 0.863. The van der Waals surface area contributed by atoms with Gasteiger partial charge in [-0.25, -0.2) is 8.78 Å². The number of hydrogen-bond donors (Lipinski definition) is 1. The second-order valence-electron chi connectivity index (χ2n) is 4.88. The van der Waals surface area contributed by atoms with Gasteiger partial charge < -0.3 is 10.6 Å². The van der Waals surface area contributed by atoms with Crippen molar-refractivity contribution in [2.75, 3.05) is 19.6 Å². The first-order valence-electron chi connectivity index (χ1n) is 6.40. The van der Waals surface area contributed by atoms with Crippen molar-refractivity contribution in [2.24, 2.45) is 11.7 Å². The Kier molecular flexibility index (Phi) is 5.89. The molecule has 0 aliphatic rings. The average Bonchev–Trinajstić information content (AvgIpc) is 2.33. The number of nitrogens with two attached hydrogens (primary N) is 1. The normalized spacial score (nSPS) is 10.8. The lowest BCUT2D eigenvalue weighted by Crippen LogP contribution is -2.36. The van der Waals surface area contributed by atoms with Crippen LogP contribution in [0.4, 0.5) is 8.78 Å². The van der Waals surface area contributed by atoms with Gasteiger partial charge in [-0.3, -0.25) is 4.79 Å². The molecule has 106 valence electrons. The first-order valence-corrected chi connectivity index (χ1v) is 6.40. The van der Waals surface area contributed by atoms with Crippen molar-refractivity contribution in [1.29, 1.82) is 0 Å². The highest BCUT2D eigenvalue weighted by Crippen LogP contribution is 2.16. The van der Waals surface area contributed by atoms with Crippen LogP contribution in [0.25, 0.3) is 0 Å². The van der Waals surface area contributed by atoms with Crippen LogP contribution in [0.15, 0.2) is 18.2 Å². The minimum Gasteiger partial charge on any atom is -0.338 e. The summed E-state index contributed by atoms with van der Waals surface area (Å²) >= 11 is 0. The summed E-state index contributed by atoms with van der Waals surface area (Å²) in [5.74, 6) is -2.05. The number of benzene rings is 1. The van der Waals surface area contributed by atoms with Gasteiger partial charge in [-0.1, -0.05) is 19.9 Å². The molecular formula is C14H20F2N2O. The van der Waals surface area contributed by atoms with Crippen LogP contribution in [0.5, 0.6) is 0 Å². The van der Waals surface area contributed by atoms with E-state index >= 15 is 0 Å². The number of carbonyl (C=O) groups excluding carboxylic acids is 1. The summed E-state index contributed by atoms with van der Waals surface area (Å²) in [6.07, 6.45) is 0.606. The predicted molar refractivity (Wildman–Crippen MR) is 70.8 cm³/mol. The van der Waals surface area contributed by atoms with Crippen LogP contribution in [0.3, 0.4) is 0 Å². The number of carbonyl (C=O) groups is 1. The zero-order chi connectivity index (χ0) is 14.4. The van der Waals surface area contributed by atoms with Crippen molar-refractivity contribution in [3.8, 4) is 0 Å². The molecule has 0 heterocycles. The molecule has 0 saturated carbocycles. The van der Waals surface area contributed by atoms with Crippen molar-refractivity contribution < 1.29 is 13.6 Å². The first-order chi connectivity index (χ1) is 8.97. The Morgan fingerprint density at radius 1 is 1.32 bits per heavy atom. The maximum atomic E-state index is 13.6. The van der Waals surface area contributed by atoms with Gasteiger partial charge >= 0.3 is 0 Å². The topological polar surface area (TPSA) is 46.3 Å². The van der Waals surface area contributed by atoms with Crippen molar-refractivity contribution in [2.45, 2.75) is 20.3 Å². The molecule has 0 spiro atoms. The Bertz CT molecular complexity index is 415. The van der Waals surface area contributed by atoms with Crippen LogP contribution in [-0.4, -0.2) is 30.4 Å². The van der Waals surface area contributed by atoms with Crippen LogP contribution in [0.2, 0.25) is 0 Å². The second-order valence-corrected chi connectivity index (χ2v) is 4.88. The first kappa shape index (κ1) is 15.6. The molecule has 5 heteroatoms. The van der Waals surface area contributed by atoms with E-state index in [4.69, 9.17) is 5.73 Å². The Morgan fingerprint density at radius 2 is 1.89 bits per heavy atom. The monoisotopic (exact) mass is 270 g/mol. The van der Waals surface area contributed by atoms with E-state index < -0.39 is 23.1 Å². The molecule has 3 nitrogen and oxygen atoms in total. The van der Waals surface area contributed by atoms with Gasteiger partial charge in [0.2, 0.25) is 0 Å². The number of hydrogen-bond acceptors (Lipinski definition) is 2. The van der Waals surface area contributed by atoms with Gasteiger partial charge in [0.1, 0.15) is 17.2 Å². The average molecular weight is 270 g/mol. The molecule has 1 amide bonds. The molecule has 0 aliphatic carbocycles. The van der Waals surface area contributed by atoms with Crippen molar-refractivity contribution in [1.82, 2.24) is 4.90 Å². The number of amides is 1. The third-order valence-electron chi connectivity index (χ3n) is 2.68. The van der Waals surface area contributed by atoms with E-state index in [1.54, 1.807) is 0 Å². The van der Waals surface area contributed by atoms with Gasteiger partial charge in [0.05, 0.1) is 0 Å². The fraction of sp³-hybridized carbons (Fsp3) is 0.500. The molecule has 19 heavy (non-hydrogen) atoms. The van der Waals surface area contributed by atoms with Gasteiger partial charge in [0, 0.05) is 13.1 Å². The highest BCUT2D eigenvalue weighted by atomic mass is 19.1. The Labute approximate surface area is 112 Å². The van der Waals surface area contributed by atoms with E-state index in [-0.39, 0.29) is 5.92 Å². The minimum atomic E-state index is -0.827. The van der Waals surface area contributed by atoms with Gasteiger partial charge in [-0.05, 0) is 31.0 Å². The summed E-state index contributed by atoms with van der Waals surface area (Å²) in [7, 11) is 0. The lowest BCUT2D eigenvalue weighted by atomic mass is 10.1. The summed E-state index contributed by atoms with van der Waals surface area (Å²) in [6.45, 7) is 5.18. The maximum absolute atomic E-state index is 13.6. The van der Waals surface area contributed by atoms with Crippen LogP contribution in [0.1, 0.15) is 30.6 Å². The lowest BCUT2D eigenvalue weighted by Gasteiger charge is -2.24. The van der Waals surface area contributed by atoms with Gasteiger partial charge in [0.25, 0.3) is 5.91 Å². The van der Waals surface area contributed by atoms with E-state index in [1.165, 1.54) is 11.0 Å². The van der Waals surface area contributed by atoms with E-state index in [2.05, 4.69) is 0 Å². The molecule has 2 N–H and O–H groups in total. The van der Waals surface area contributed by atoms with Crippen molar-refractivity contribution in [3.05, 3.63) is 35.4 Å². The molecule has 0 aromatic heterocycles. The molecule has 0 atom stereocenters. The minimum absolute atomic E-state index is 0.219. The predicted octanol–water partition coefficient (Wildman–Crippen LogP) is 2.41. The molecule has 0 aliphatic heterocycles. The summed E-state index contributed by atoms with van der Waals surface area (Å²) in [6, 6.07) is 3.42. The zero-order valence-electron chi connectivity index (χ0n) is 11.3. The van der Waals surface area contributed by atoms with E-state index in [0.717, 1.165) is 12.1 Å². The third kappa shape index (κ3) is 4.28. The molecule has 1 aromatic rings. The summed E-state index contributed by atoms with van der Waals surface area (Å²) < 4.78 is 27.2. The number of halogens is 2. The summed E-state index contributed by atoms with van der Waals surface area (Å²) in [4.78, 5) is 13.7. The molecule has 1 aromatic carbocycles. The zero-order valence-corrected chi connectivity index (χ0v) is 11.3. The number of nitrogens with zero attached hydrogens (tertiary/aromatic N) is 1. The molecule has 0 unspecified atom stereocenters. The lowest BCUT2D eigenvalue weighted by molar-refractivity contribution is 0.0725.